The maximum Gasteiger partial charge on any atom is 0.265 e. The van der Waals surface area contributed by atoms with Crippen LogP contribution >= 0.6 is 10.7 Å². The molecule has 0 aromatic heterocycles. The monoisotopic (exact) mass is 259 g/mol. The highest BCUT2D eigenvalue weighted by molar-refractivity contribution is 8.13. The molecule has 0 unspecified atom stereocenters. The van der Waals surface area contributed by atoms with Crippen LogP contribution in [0.2, 0.25) is 0 Å². The van der Waals surface area contributed by atoms with E-state index >= 15 is 0 Å². The van der Waals surface area contributed by atoms with E-state index in [1.807, 2.05) is 6.07 Å². The van der Waals surface area contributed by atoms with Crippen LogP contribution in [0.5, 0.6) is 5.75 Å². The van der Waals surface area contributed by atoms with Crippen molar-refractivity contribution in [3.05, 3.63) is 23.8 Å². The molecule has 1 aromatic carbocycles. The van der Waals surface area contributed by atoms with Gasteiger partial charge in [0, 0.05) is 10.7 Å². The summed E-state index contributed by atoms with van der Waals surface area (Å²) in [5, 5.41) is 8.67. The zero-order valence-electron chi connectivity index (χ0n) is 8.77. The molecule has 0 N–H and O–H groups in total. The van der Waals surface area contributed by atoms with Gasteiger partial charge in [-0.15, -0.1) is 0 Å². The van der Waals surface area contributed by atoms with Crippen molar-refractivity contribution >= 4 is 19.7 Å². The van der Waals surface area contributed by atoms with E-state index in [1.165, 1.54) is 18.2 Å². The summed E-state index contributed by atoms with van der Waals surface area (Å²) < 4.78 is 27.9. The first-order valence-corrected chi connectivity index (χ1v) is 6.81. The molecule has 6 heteroatoms. The molecule has 0 radical (unpaired) electrons. The molecule has 0 aliphatic rings. The van der Waals surface area contributed by atoms with Gasteiger partial charge in [-0.2, -0.15) is 5.26 Å². The van der Waals surface area contributed by atoms with Crippen LogP contribution in [0, 0.1) is 11.3 Å². The Morgan fingerprint density at radius 2 is 2.06 bits per heavy atom. The van der Waals surface area contributed by atoms with Crippen LogP contribution in [0.1, 0.15) is 19.4 Å². The topological polar surface area (TPSA) is 67.2 Å². The van der Waals surface area contributed by atoms with Gasteiger partial charge in [-0.25, -0.2) is 8.42 Å². The van der Waals surface area contributed by atoms with Crippen molar-refractivity contribution in [2.75, 3.05) is 0 Å². The van der Waals surface area contributed by atoms with Gasteiger partial charge in [0.25, 0.3) is 9.05 Å². The van der Waals surface area contributed by atoms with E-state index < -0.39 is 9.05 Å². The van der Waals surface area contributed by atoms with E-state index in [4.69, 9.17) is 20.7 Å². The van der Waals surface area contributed by atoms with Crippen molar-refractivity contribution in [2.45, 2.75) is 24.8 Å². The molecule has 0 amide bonds. The van der Waals surface area contributed by atoms with Crippen molar-refractivity contribution < 1.29 is 13.2 Å². The Labute approximate surface area is 98.8 Å². The molecule has 0 heterocycles. The van der Waals surface area contributed by atoms with Gasteiger partial charge >= 0.3 is 0 Å². The second kappa shape index (κ2) is 4.73. The average Bonchev–Trinajstić information content (AvgIpc) is 2.15. The summed E-state index contributed by atoms with van der Waals surface area (Å²) in [6.07, 6.45) is -0.176. The largest absolute Gasteiger partial charge is 0.490 e. The van der Waals surface area contributed by atoms with Crippen LogP contribution in [0.15, 0.2) is 23.1 Å². The fourth-order valence-corrected chi connectivity index (χ4v) is 2.11. The molecule has 0 saturated carbocycles. The SMILES string of the molecule is CC(C)Oc1ccc(C#N)cc1S(=O)(=O)Cl. The summed E-state index contributed by atoms with van der Waals surface area (Å²) in [6, 6.07) is 5.94. The number of nitrogens with zero attached hydrogens (tertiary/aromatic N) is 1. The number of nitriles is 1. The van der Waals surface area contributed by atoms with Crippen LogP contribution < -0.4 is 4.74 Å². The number of benzene rings is 1. The Kier molecular flexibility index (Phi) is 3.79. The zero-order valence-corrected chi connectivity index (χ0v) is 10.3. The maximum absolute atomic E-state index is 11.3. The van der Waals surface area contributed by atoms with Gasteiger partial charge in [-0.3, -0.25) is 0 Å². The zero-order chi connectivity index (χ0) is 12.3. The molecule has 0 spiro atoms. The van der Waals surface area contributed by atoms with Gasteiger partial charge in [0.2, 0.25) is 0 Å². The lowest BCUT2D eigenvalue weighted by molar-refractivity contribution is 0.236. The Hall–Kier alpha value is -1.25. The number of rotatable bonds is 3. The van der Waals surface area contributed by atoms with Crippen molar-refractivity contribution in [1.82, 2.24) is 0 Å². The number of hydrogen-bond acceptors (Lipinski definition) is 4. The molecule has 1 aromatic rings. The average molecular weight is 260 g/mol. The van der Waals surface area contributed by atoms with E-state index in [0.29, 0.717) is 0 Å². The van der Waals surface area contributed by atoms with Crippen LogP contribution in [0.3, 0.4) is 0 Å². The third-order valence-electron chi connectivity index (χ3n) is 1.70. The van der Waals surface area contributed by atoms with Crippen molar-refractivity contribution in [3.63, 3.8) is 0 Å². The van der Waals surface area contributed by atoms with Crippen LogP contribution in [-0.2, 0) is 9.05 Å². The minimum absolute atomic E-state index is 0.156. The normalized spacial score (nSPS) is 11.2. The fourth-order valence-electron chi connectivity index (χ4n) is 1.12. The summed E-state index contributed by atoms with van der Waals surface area (Å²) in [6.45, 7) is 3.53. The van der Waals surface area contributed by atoms with Gasteiger partial charge < -0.3 is 4.74 Å². The molecule has 86 valence electrons. The summed E-state index contributed by atoms with van der Waals surface area (Å²) in [4.78, 5) is -0.179. The van der Waals surface area contributed by atoms with E-state index in [9.17, 15) is 8.42 Å². The highest BCUT2D eigenvalue weighted by Gasteiger charge is 2.18. The predicted molar refractivity (Wildman–Crippen MR) is 60.0 cm³/mol. The lowest BCUT2D eigenvalue weighted by atomic mass is 10.2. The number of halogens is 1. The van der Waals surface area contributed by atoms with E-state index in [1.54, 1.807) is 13.8 Å². The lowest BCUT2D eigenvalue weighted by Gasteiger charge is -2.12. The van der Waals surface area contributed by atoms with Gasteiger partial charge in [-0.1, -0.05) is 0 Å². The highest BCUT2D eigenvalue weighted by Crippen LogP contribution is 2.28. The second-order valence-corrected chi connectivity index (χ2v) is 5.91. The molecule has 1 rings (SSSR count). The smallest absolute Gasteiger partial charge is 0.265 e. The molecule has 0 aliphatic carbocycles. The minimum Gasteiger partial charge on any atom is -0.490 e. The van der Waals surface area contributed by atoms with Crippen LogP contribution in [0.4, 0.5) is 0 Å². The van der Waals surface area contributed by atoms with Gasteiger partial charge in [0.15, 0.2) is 0 Å². The Morgan fingerprint density at radius 3 is 2.50 bits per heavy atom. The molecule has 0 aliphatic heterocycles. The van der Waals surface area contributed by atoms with Crippen LogP contribution in [-0.4, -0.2) is 14.5 Å². The van der Waals surface area contributed by atoms with E-state index in [0.717, 1.165) is 0 Å². The number of ether oxygens (including phenoxy) is 1. The molecule has 16 heavy (non-hydrogen) atoms. The van der Waals surface area contributed by atoms with Gasteiger partial charge in [0.05, 0.1) is 17.7 Å². The van der Waals surface area contributed by atoms with Gasteiger partial charge in [-0.05, 0) is 32.0 Å². The summed E-state index contributed by atoms with van der Waals surface area (Å²) in [5.41, 5.74) is 0.218. The molecule has 0 saturated heterocycles. The van der Waals surface area contributed by atoms with Gasteiger partial charge in [0.1, 0.15) is 10.6 Å². The maximum atomic E-state index is 11.3. The van der Waals surface area contributed by atoms with Crippen molar-refractivity contribution in [2.24, 2.45) is 0 Å². The first kappa shape index (κ1) is 12.8. The summed E-state index contributed by atoms with van der Waals surface area (Å²) >= 11 is 0. The fraction of sp³-hybridized carbons (Fsp3) is 0.300. The number of hydrogen-bond donors (Lipinski definition) is 0. The first-order chi connectivity index (χ1) is 7.34. The predicted octanol–water partition coefficient (Wildman–Crippen LogP) is 2.27. The summed E-state index contributed by atoms with van der Waals surface area (Å²) in [7, 11) is 1.34. The van der Waals surface area contributed by atoms with Crippen molar-refractivity contribution in [1.29, 1.82) is 5.26 Å². The molecular formula is C10H10ClNO3S. The van der Waals surface area contributed by atoms with E-state index in [2.05, 4.69) is 0 Å². The van der Waals surface area contributed by atoms with Crippen LogP contribution in [0.25, 0.3) is 0 Å². The standard InChI is InChI=1S/C10H10ClNO3S/c1-7(2)15-9-4-3-8(6-12)5-10(9)16(11,13)14/h3-5,7H,1-2H3. The van der Waals surface area contributed by atoms with E-state index in [-0.39, 0.29) is 22.3 Å². The molecule has 0 bridgehead atoms. The Morgan fingerprint density at radius 1 is 1.44 bits per heavy atom. The minimum atomic E-state index is -3.92. The quantitative estimate of drug-likeness (QED) is 0.781. The Balaban J connectivity index is 3.35. The Bertz CT molecular complexity index is 531. The lowest BCUT2D eigenvalue weighted by Crippen LogP contribution is -2.08. The second-order valence-electron chi connectivity index (χ2n) is 3.38. The van der Waals surface area contributed by atoms with Crippen molar-refractivity contribution in [3.8, 4) is 11.8 Å². The first-order valence-electron chi connectivity index (χ1n) is 4.50. The molecule has 0 fully saturated rings. The third kappa shape index (κ3) is 3.12. The summed E-state index contributed by atoms with van der Waals surface area (Å²) in [5.74, 6) is 0.156. The third-order valence-corrected chi connectivity index (χ3v) is 3.04. The molecule has 0 atom stereocenters. The highest BCUT2D eigenvalue weighted by atomic mass is 35.7. The molecular weight excluding hydrogens is 250 g/mol. The molecule has 4 nitrogen and oxygen atoms in total.